The SMILES string of the molecule is Cc1ccnc(C(=O)O)c1CCl. The summed E-state index contributed by atoms with van der Waals surface area (Å²) in [4.78, 5) is 14.3. The summed E-state index contributed by atoms with van der Waals surface area (Å²) in [6, 6.07) is 1.74. The number of hydrogen-bond donors (Lipinski definition) is 1. The van der Waals surface area contributed by atoms with E-state index in [2.05, 4.69) is 4.98 Å². The first-order chi connectivity index (χ1) is 5.66. The number of hydrogen-bond acceptors (Lipinski definition) is 2. The molecule has 0 atom stereocenters. The number of carbonyl (C=O) groups is 1. The molecule has 1 rings (SSSR count). The predicted octanol–water partition coefficient (Wildman–Crippen LogP) is 1.83. The quantitative estimate of drug-likeness (QED) is 0.716. The number of carboxylic acids is 1. The van der Waals surface area contributed by atoms with Gasteiger partial charge in [-0.3, -0.25) is 0 Å². The van der Waals surface area contributed by atoms with Crippen LogP contribution in [0, 0.1) is 6.92 Å². The molecule has 4 heteroatoms. The van der Waals surface area contributed by atoms with Gasteiger partial charge in [0.2, 0.25) is 0 Å². The van der Waals surface area contributed by atoms with Crippen LogP contribution in [0.1, 0.15) is 21.6 Å². The third-order valence-corrected chi connectivity index (χ3v) is 1.89. The second-order valence-corrected chi connectivity index (χ2v) is 2.66. The van der Waals surface area contributed by atoms with Crippen molar-refractivity contribution in [2.24, 2.45) is 0 Å². The fraction of sp³-hybridized carbons (Fsp3) is 0.250. The summed E-state index contributed by atoms with van der Waals surface area (Å²) in [6.45, 7) is 1.81. The zero-order chi connectivity index (χ0) is 9.14. The van der Waals surface area contributed by atoms with Gasteiger partial charge in [0.15, 0.2) is 5.69 Å². The van der Waals surface area contributed by atoms with E-state index in [1.54, 1.807) is 6.07 Å². The molecule has 0 aliphatic rings. The van der Waals surface area contributed by atoms with E-state index in [-0.39, 0.29) is 11.6 Å². The monoisotopic (exact) mass is 185 g/mol. The van der Waals surface area contributed by atoms with Crippen LogP contribution in [0.4, 0.5) is 0 Å². The lowest BCUT2D eigenvalue weighted by Crippen LogP contribution is -2.05. The molecule has 1 N–H and O–H groups in total. The van der Waals surface area contributed by atoms with Crippen LogP contribution in [0.15, 0.2) is 12.3 Å². The lowest BCUT2D eigenvalue weighted by molar-refractivity contribution is 0.0689. The van der Waals surface area contributed by atoms with Crippen LogP contribution in [0.3, 0.4) is 0 Å². The molecule has 12 heavy (non-hydrogen) atoms. The first kappa shape index (κ1) is 9.00. The number of rotatable bonds is 2. The van der Waals surface area contributed by atoms with E-state index in [9.17, 15) is 4.79 Å². The first-order valence-electron chi connectivity index (χ1n) is 3.40. The van der Waals surface area contributed by atoms with Gasteiger partial charge >= 0.3 is 5.97 Å². The van der Waals surface area contributed by atoms with Gasteiger partial charge in [-0.25, -0.2) is 9.78 Å². The average Bonchev–Trinajstić information content (AvgIpc) is 2.03. The zero-order valence-corrected chi connectivity index (χ0v) is 7.30. The van der Waals surface area contributed by atoms with Gasteiger partial charge in [0, 0.05) is 11.8 Å². The van der Waals surface area contributed by atoms with Crippen molar-refractivity contribution >= 4 is 17.6 Å². The summed E-state index contributed by atoms with van der Waals surface area (Å²) in [5.74, 6) is -0.851. The maximum absolute atomic E-state index is 10.6. The van der Waals surface area contributed by atoms with Crippen LogP contribution in [0.25, 0.3) is 0 Å². The van der Waals surface area contributed by atoms with Crippen LogP contribution in [-0.2, 0) is 5.88 Å². The number of aromatic nitrogens is 1. The summed E-state index contributed by atoms with van der Waals surface area (Å²) in [7, 11) is 0. The Morgan fingerprint density at radius 1 is 1.75 bits per heavy atom. The van der Waals surface area contributed by atoms with E-state index in [0.29, 0.717) is 5.56 Å². The predicted molar refractivity (Wildman–Crippen MR) is 45.5 cm³/mol. The van der Waals surface area contributed by atoms with Gasteiger partial charge in [0.1, 0.15) is 0 Å². The molecular formula is C8H8ClNO2. The molecule has 1 heterocycles. The van der Waals surface area contributed by atoms with Gasteiger partial charge in [0.05, 0.1) is 5.88 Å². The molecule has 0 saturated heterocycles. The number of aromatic carboxylic acids is 1. The molecular weight excluding hydrogens is 178 g/mol. The van der Waals surface area contributed by atoms with Crippen molar-refractivity contribution in [1.29, 1.82) is 0 Å². The Kier molecular flexibility index (Phi) is 2.65. The molecule has 0 radical (unpaired) electrons. The summed E-state index contributed by atoms with van der Waals surface area (Å²) in [6.07, 6.45) is 1.47. The Morgan fingerprint density at radius 2 is 2.42 bits per heavy atom. The number of aryl methyl sites for hydroxylation is 1. The molecule has 0 spiro atoms. The van der Waals surface area contributed by atoms with Crippen LogP contribution in [0.5, 0.6) is 0 Å². The van der Waals surface area contributed by atoms with Gasteiger partial charge in [0.25, 0.3) is 0 Å². The number of halogens is 1. The molecule has 0 saturated carbocycles. The van der Waals surface area contributed by atoms with Crippen molar-refractivity contribution in [3.8, 4) is 0 Å². The largest absolute Gasteiger partial charge is 0.477 e. The van der Waals surface area contributed by atoms with Crippen molar-refractivity contribution in [1.82, 2.24) is 4.98 Å². The van der Waals surface area contributed by atoms with Crippen LogP contribution >= 0.6 is 11.6 Å². The molecule has 0 bridgehead atoms. The number of nitrogens with zero attached hydrogens (tertiary/aromatic N) is 1. The summed E-state index contributed by atoms with van der Waals surface area (Å²) >= 11 is 5.58. The normalized spacial score (nSPS) is 9.83. The van der Waals surface area contributed by atoms with Crippen molar-refractivity contribution < 1.29 is 9.90 Å². The molecule has 1 aromatic rings. The highest BCUT2D eigenvalue weighted by molar-refractivity contribution is 6.17. The minimum Gasteiger partial charge on any atom is -0.477 e. The Hall–Kier alpha value is -1.09. The molecule has 0 aliphatic heterocycles. The molecule has 0 aromatic carbocycles. The van der Waals surface area contributed by atoms with Gasteiger partial charge < -0.3 is 5.11 Å². The highest BCUT2D eigenvalue weighted by atomic mass is 35.5. The lowest BCUT2D eigenvalue weighted by atomic mass is 10.1. The highest BCUT2D eigenvalue weighted by Gasteiger charge is 2.11. The number of carboxylic acid groups (broad SMARTS) is 1. The molecule has 0 aliphatic carbocycles. The summed E-state index contributed by atoms with van der Waals surface area (Å²) in [5.41, 5.74) is 1.49. The zero-order valence-electron chi connectivity index (χ0n) is 6.54. The van der Waals surface area contributed by atoms with E-state index >= 15 is 0 Å². The average molecular weight is 186 g/mol. The standard InChI is InChI=1S/C8H8ClNO2/c1-5-2-3-10-7(8(11)12)6(5)4-9/h2-3H,4H2,1H3,(H,11,12). The van der Waals surface area contributed by atoms with Crippen molar-refractivity contribution in [3.63, 3.8) is 0 Å². The van der Waals surface area contributed by atoms with Crippen molar-refractivity contribution in [2.75, 3.05) is 0 Å². The lowest BCUT2D eigenvalue weighted by Gasteiger charge is -2.03. The van der Waals surface area contributed by atoms with E-state index < -0.39 is 5.97 Å². The molecule has 0 amide bonds. The fourth-order valence-corrected chi connectivity index (χ4v) is 1.28. The minimum atomic E-state index is -1.03. The highest BCUT2D eigenvalue weighted by Crippen LogP contribution is 2.13. The number of pyridine rings is 1. The molecule has 3 nitrogen and oxygen atoms in total. The topological polar surface area (TPSA) is 50.2 Å². The van der Waals surface area contributed by atoms with E-state index in [1.165, 1.54) is 6.20 Å². The third kappa shape index (κ3) is 1.56. The smallest absolute Gasteiger partial charge is 0.354 e. The summed E-state index contributed by atoms with van der Waals surface area (Å²) < 4.78 is 0. The first-order valence-corrected chi connectivity index (χ1v) is 3.94. The minimum absolute atomic E-state index is 0.0463. The second kappa shape index (κ2) is 3.54. The van der Waals surface area contributed by atoms with Gasteiger partial charge in [-0.15, -0.1) is 11.6 Å². The van der Waals surface area contributed by atoms with Gasteiger partial charge in [-0.2, -0.15) is 0 Å². The molecule has 0 fully saturated rings. The van der Waals surface area contributed by atoms with Crippen LogP contribution in [0.2, 0.25) is 0 Å². The Balaban J connectivity index is 3.27. The Bertz CT molecular complexity index is 312. The van der Waals surface area contributed by atoms with Gasteiger partial charge in [-0.05, 0) is 18.6 Å². The number of alkyl halides is 1. The van der Waals surface area contributed by atoms with Crippen molar-refractivity contribution in [2.45, 2.75) is 12.8 Å². The fourth-order valence-electron chi connectivity index (χ4n) is 0.942. The van der Waals surface area contributed by atoms with E-state index in [0.717, 1.165) is 5.56 Å². The molecule has 1 aromatic heterocycles. The Morgan fingerprint density at radius 3 is 2.83 bits per heavy atom. The molecule has 0 unspecified atom stereocenters. The Labute approximate surface area is 75.0 Å². The third-order valence-electron chi connectivity index (χ3n) is 1.63. The van der Waals surface area contributed by atoms with Crippen molar-refractivity contribution in [3.05, 3.63) is 29.1 Å². The van der Waals surface area contributed by atoms with Crippen LogP contribution in [-0.4, -0.2) is 16.1 Å². The maximum Gasteiger partial charge on any atom is 0.354 e. The van der Waals surface area contributed by atoms with Gasteiger partial charge in [-0.1, -0.05) is 0 Å². The summed E-state index contributed by atoms with van der Waals surface area (Å²) in [5, 5.41) is 8.70. The second-order valence-electron chi connectivity index (χ2n) is 2.39. The maximum atomic E-state index is 10.6. The van der Waals surface area contributed by atoms with E-state index in [1.807, 2.05) is 6.92 Å². The van der Waals surface area contributed by atoms with E-state index in [4.69, 9.17) is 16.7 Å². The molecule has 64 valence electrons. The van der Waals surface area contributed by atoms with Crippen LogP contribution < -0.4 is 0 Å².